The summed E-state index contributed by atoms with van der Waals surface area (Å²) in [5.41, 5.74) is 2.75. The van der Waals surface area contributed by atoms with Crippen LogP contribution in [0.5, 0.6) is 0 Å². The van der Waals surface area contributed by atoms with Gasteiger partial charge in [-0.25, -0.2) is 8.42 Å². The van der Waals surface area contributed by atoms with E-state index in [4.69, 9.17) is 0 Å². The monoisotopic (exact) mass is 374 g/mol. The lowest BCUT2D eigenvalue weighted by molar-refractivity contribution is -0.116. The van der Waals surface area contributed by atoms with Crippen molar-refractivity contribution in [3.05, 3.63) is 59.7 Å². The third-order valence-electron chi connectivity index (χ3n) is 4.61. The Morgan fingerprint density at radius 1 is 1.08 bits per heavy atom. The topological polar surface area (TPSA) is 66.5 Å². The normalized spacial score (nSPS) is 12.8. The Balaban J connectivity index is 2.26. The van der Waals surface area contributed by atoms with Crippen LogP contribution in [0.15, 0.2) is 53.4 Å². The lowest BCUT2D eigenvalue weighted by Crippen LogP contribution is -2.43. The molecule has 1 atom stereocenters. The molecule has 0 aliphatic rings. The van der Waals surface area contributed by atoms with Crippen LogP contribution in [-0.2, 0) is 14.8 Å². The number of anilines is 1. The second-order valence-electron chi connectivity index (χ2n) is 6.42. The fraction of sp³-hybridized carbons (Fsp3) is 0.350. The van der Waals surface area contributed by atoms with Crippen molar-refractivity contribution in [2.75, 3.05) is 11.9 Å². The maximum Gasteiger partial charge on any atom is 0.243 e. The highest BCUT2D eigenvalue weighted by Gasteiger charge is 2.30. The van der Waals surface area contributed by atoms with Gasteiger partial charge in [0.05, 0.1) is 11.4 Å². The first kappa shape index (κ1) is 20.1. The molecule has 0 aliphatic heterocycles. The van der Waals surface area contributed by atoms with Crippen LogP contribution in [0.4, 0.5) is 5.69 Å². The molecule has 0 radical (unpaired) electrons. The zero-order valence-corrected chi connectivity index (χ0v) is 16.5. The highest BCUT2D eigenvalue weighted by molar-refractivity contribution is 7.89. The molecule has 1 amide bonds. The number of carbonyl (C=O) groups excluding carboxylic acids is 1. The van der Waals surface area contributed by atoms with Crippen LogP contribution in [0.2, 0.25) is 0 Å². The summed E-state index contributed by atoms with van der Waals surface area (Å²) in [6, 6.07) is 13.6. The highest BCUT2D eigenvalue weighted by atomic mass is 32.2. The summed E-state index contributed by atoms with van der Waals surface area (Å²) >= 11 is 0. The van der Waals surface area contributed by atoms with Gasteiger partial charge in [-0.3, -0.25) is 4.79 Å². The minimum Gasteiger partial charge on any atom is -0.325 e. The fourth-order valence-corrected chi connectivity index (χ4v) is 4.31. The first-order valence-corrected chi connectivity index (χ1v) is 10.1. The number of hydrogen-bond donors (Lipinski definition) is 1. The van der Waals surface area contributed by atoms with E-state index in [-0.39, 0.29) is 23.4 Å². The van der Waals surface area contributed by atoms with Crippen LogP contribution < -0.4 is 5.32 Å². The number of sulfonamides is 1. The summed E-state index contributed by atoms with van der Waals surface area (Å²) in [7, 11) is -3.75. The lowest BCUT2D eigenvalue weighted by Gasteiger charge is -2.27. The first-order chi connectivity index (χ1) is 12.3. The molecule has 0 fully saturated rings. The van der Waals surface area contributed by atoms with E-state index in [9.17, 15) is 13.2 Å². The van der Waals surface area contributed by atoms with Crippen molar-refractivity contribution in [1.29, 1.82) is 0 Å². The number of rotatable bonds is 7. The fourth-order valence-electron chi connectivity index (χ4n) is 2.63. The second kappa shape index (κ2) is 8.47. The maximum absolute atomic E-state index is 13.0. The molecule has 0 saturated carbocycles. The van der Waals surface area contributed by atoms with Crippen molar-refractivity contribution in [2.24, 2.45) is 0 Å². The molecule has 0 bridgehead atoms. The van der Waals surface area contributed by atoms with E-state index < -0.39 is 10.0 Å². The van der Waals surface area contributed by atoms with Gasteiger partial charge in [0.2, 0.25) is 15.9 Å². The molecule has 2 rings (SSSR count). The number of nitrogens with one attached hydrogen (secondary N) is 1. The average molecular weight is 375 g/mol. The van der Waals surface area contributed by atoms with Gasteiger partial charge in [-0.1, -0.05) is 37.3 Å². The van der Waals surface area contributed by atoms with Crippen molar-refractivity contribution in [3.63, 3.8) is 0 Å². The summed E-state index contributed by atoms with van der Waals surface area (Å²) in [5, 5.41) is 2.84. The number of benzene rings is 2. The molecule has 2 aromatic rings. The lowest BCUT2D eigenvalue weighted by atomic mass is 10.1. The van der Waals surface area contributed by atoms with Gasteiger partial charge in [0.15, 0.2) is 0 Å². The van der Waals surface area contributed by atoms with Gasteiger partial charge in [-0.05, 0) is 56.5 Å². The molecule has 5 nitrogen and oxygen atoms in total. The quantitative estimate of drug-likeness (QED) is 0.803. The van der Waals surface area contributed by atoms with Gasteiger partial charge in [-0.15, -0.1) is 0 Å². The Morgan fingerprint density at radius 2 is 1.73 bits per heavy atom. The summed E-state index contributed by atoms with van der Waals surface area (Å²) in [6.45, 7) is 7.39. The standard InChI is InChI=1S/C20H26N2O3S/c1-5-16(3)22(26(24,25)18-11-7-6-8-12-18)14-20(23)21-19-13-9-10-15(2)17(19)4/h6-13,16H,5,14H2,1-4H3,(H,21,23). The van der Waals surface area contributed by atoms with E-state index in [2.05, 4.69) is 5.32 Å². The van der Waals surface area contributed by atoms with E-state index in [0.717, 1.165) is 11.1 Å². The maximum atomic E-state index is 13.0. The van der Waals surface area contributed by atoms with Crippen molar-refractivity contribution in [1.82, 2.24) is 4.31 Å². The van der Waals surface area contributed by atoms with Gasteiger partial charge in [-0.2, -0.15) is 4.31 Å². The van der Waals surface area contributed by atoms with Crippen molar-refractivity contribution >= 4 is 21.6 Å². The Kier molecular flexibility index (Phi) is 6.56. The van der Waals surface area contributed by atoms with Crippen LogP contribution in [0.25, 0.3) is 0 Å². The average Bonchev–Trinajstić information content (AvgIpc) is 2.63. The molecular weight excluding hydrogens is 348 g/mol. The number of nitrogens with zero attached hydrogens (tertiary/aromatic N) is 1. The predicted octanol–water partition coefficient (Wildman–Crippen LogP) is 3.73. The molecule has 0 heterocycles. The molecule has 0 aromatic heterocycles. The van der Waals surface area contributed by atoms with E-state index in [1.807, 2.05) is 45.9 Å². The minimum absolute atomic E-state index is 0.194. The number of carbonyl (C=O) groups is 1. The molecule has 1 unspecified atom stereocenters. The number of hydrogen-bond acceptors (Lipinski definition) is 3. The Hall–Kier alpha value is -2.18. The van der Waals surface area contributed by atoms with Gasteiger partial charge in [0, 0.05) is 11.7 Å². The molecule has 2 aromatic carbocycles. The summed E-state index contributed by atoms with van der Waals surface area (Å²) < 4.78 is 27.2. The van der Waals surface area contributed by atoms with Crippen molar-refractivity contribution < 1.29 is 13.2 Å². The third-order valence-corrected chi connectivity index (χ3v) is 6.58. The van der Waals surface area contributed by atoms with E-state index >= 15 is 0 Å². The minimum atomic E-state index is -3.75. The van der Waals surface area contributed by atoms with Gasteiger partial charge in [0.25, 0.3) is 0 Å². The summed E-state index contributed by atoms with van der Waals surface area (Å²) in [6.07, 6.45) is 0.614. The highest BCUT2D eigenvalue weighted by Crippen LogP contribution is 2.21. The summed E-state index contributed by atoms with van der Waals surface area (Å²) in [5.74, 6) is -0.349. The summed E-state index contributed by atoms with van der Waals surface area (Å²) in [4.78, 5) is 12.8. The molecule has 0 saturated heterocycles. The van der Waals surface area contributed by atoms with E-state index in [1.54, 1.807) is 30.3 Å². The third kappa shape index (κ3) is 4.51. The number of amides is 1. The van der Waals surface area contributed by atoms with Crippen LogP contribution in [0.3, 0.4) is 0 Å². The molecule has 140 valence electrons. The second-order valence-corrected chi connectivity index (χ2v) is 8.31. The number of aryl methyl sites for hydroxylation is 1. The van der Waals surface area contributed by atoms with E-state index in [0.29, 0.717) is 12.1 Å². The predicted molar refractivity (Wildman–Crippen MR) is 105 cm³/mol. The van der Waals surface area contributed by atoms with Gasteiger partial charge >= 0.3 is 0 Å². The Labute approximate surface area is 156 Å². The van der Waals surface area contributed by atoms with Crippen LogP contribution in [-0.4, -0.2) is 31.2 Å². The van der Waals surface area contributed by atoms with Crippen LogP contribution in [0, 0.1) is 13.8 Å². The molecule has 1 N–H and O–H groups in total. The van der Waals surface area contributed by atoms with Crippen LogP contribution in [0.1, 0.15) is 31.4 Å². The van der Waals surface area contributed by atoms with Crippen molar-refractivity contribution in [2.45, 2.75) is 45.1 Å². The zero-order chi connectivity index (χ0) is 19.3. The molecule has 6 heteroatoms. The zero-order valence-electron chi connectivity index (χ0n) is 15.7. The Morgan fingerprint density at radius 3 is 2.35 bits per heavy atom. The molecule has 0 aliphatic carbocycles. The Bertz CT molecular complexity index is 864. The van der Waals surface area contributed by atoms with Gasteiger partial charge < -0.3 is 5.32 Å². The largest absolute Gasteiger partial charge is 0.325 e. The molecule has 0 spiro atoms. The van der Waals surface area contributed by atoms with Crippen LogP contribution >= 0.6 is 0 Å². The van der Waals surface area contributed by atoms with Crippen molar-refractivity contribution in [3.8, 4) is 0 Å². The first-order valence-electron chi connectivity index (χ1n) is 8.70. The molecular formula is C20H26N2O3S. The SMILES string of the molecule is CCC(C)N(CC(=O)Nc1cccc(C)c1C)S(=O)(=O)c1ccccc1. The van der Waals surface area contributed by atoms with Gasteiger partial charge in [0.1, 0.15) is 0 Å². The molecule has 26 heavy (non-hydrogen) atoms. The smallest absolute Gasteiger partial charge is 0.243 e. The van der Waals surface area contributed by atoms with E-state index in [1.165, 1.54) is 4.31 Å².